The Hall–Kier alpha value is -3.07. The van der Waals surface area contributed by atoms with E-state index in [1.165, 1.54) is 5.56 Å². The van der Waals surface area contributed by atoms with Crippen LogP contribution in [0.1, 0.15) is 22.8 Å². The van der Waals surface area contributed by atoms with E-state index >= 15 is 0 Å². The zero-order valence-electron chi connectivity index (χ0n) is 18.8. The highest BCUT2D eigenvalue weighted by molar-refractivity contribution is 7.71. The van der Waals surface area contributed by atoms with Crippen molar-refractivity contribution in [3.8, 4) is 5.69 Å². The van der Waals surface area contributed by atoms with E-state index in [-0.39, 0.29) is 0 Å². The Morgan fingerprint density at radius 1 is 0.909 bits per heavy atom. The summed E-state index contributed by atoms with van der Waals surface area (Å²) in [4.78, 5) is 4.81. The fraction of sp³-hybridized carbons (Fsp3) is 0.320. The molecule has 0 spiro atoms. The second-order valence-electron chi connectivity index (χ2n) is 8.50. The van der Waals surface area contributed by atoms with Gasteiger partial charge in [0.05, 0.1) is 18.9 Å². The van der Waals surface area contributed by atoms with E-state index in [9.17, 15) is 0 Å². The molecule has 1 aliphatic rings. The summed E-state index contributed by atoms with van der Waals surface area (Å²) < 4.78 is 10.2. The molecule has 1 fully saturated rings. The first-order valence-electron chi connectivity index (χ1n) is 11.3. The summed E-state index contributed by atoms with van der Waals surface area (Å²) in [5.41, 5.74) is 3.20. The first-order valence-corrected chi connectivity index (χ1v) is 11.7. The monoisotopic (exact) mass is 460 g/mol. The van der Waals surface area contributed by atoms with Crippen molar-refractivity contribution in [2.45, 2.75) is 26.6 Å². The van der Waals surface area contributed by atoms with Gasteiger partial charge in [-0.15, -0.1) is 0 Å². The first kappa shape index (κ1) is 21.8. The van der Waals surface area contributed by atoms with Gasteiger partial charge in [0.25, 0.3) is 0 Å². The summed E-state index contributed by atoms with van der Waals surface area (Å²) in [5, 5.41) is 8.95. The zero-order chi connectivity index (χ0) is 22.6. The minimum absolute atomic E-state index is 0.690. The molecular formula is C25H28N6OS. The highest BCUT2D eigenvalue weighted by Gasteiger charge is 2.20. The highest BCUT2D eigenvalue weighted by atomic mass is 32.1. The van der Waals surface area contributed by atoms with Crippen LogP contribution in [0.3, 0.4) is 0 Å². The van der Waals surface area contributed by atoms with E-state index < -0.39 is 0 Å². The fourth-order valence-corrected chi connectivity index (χ4v) is 4.57. The molecule has 170 valence electrons. The van der Waals surface area contributed by atoms with Crippen LogP contribution in [0.25, 0.3) is 5.69 Å². The molecule has 0 amide bonds. The number of aryl methyl sites for hydroxylation is 1. The van der Waals surface area contributed by atoms with Gasteiger partial charge >= 0.3 is 0 Å². The van der Waals surface area contributed by atoms with Gasteiger partial charge in [0, 0.05) is 44.4 Å². The third-order valence-electron chi connectivity index (χ3n) is 5.98. The molecule has 2 aromatic carbocycles. The number of hydrogen-bond acceptors (Lipinski definition) is 6. The van der Waals surface area contributed by atoms with E-state index in [0.29, 0.717) is 6.67 Å². The minimum Gasteiger partial charge on any atom is -0.360 e. The van der Waals surface area contributed by atoms with E-state index in [4.69, 9.17) is 21.8 Å². The van der Waals surface area contributed by atoms with Crippen molar-refractivity contribution in [2.24, 2.45) is 0 Å². The lowest BCUT2D eigenvalue weighted by Gasteiger charge is -2.33. The summed E-state index contributed by atoms with van der Waals surface area (Å²) in [7, 11) is 0. The first-order chi connectivity index (χ1) is 16.2. The average Bonchev–Trinajstić information content (AvgIpc) is 3.38. The molecule has 1 aliphatic heterocycles. The molecule has 0 N–H and O–H groups in total. The van der Waals surface area contributed by atoms with Gasteiger partial charge in [-0.2, -0.15) is 5.10 Å². The van der Waals surface area contributed by atoms with Crippen LogP contribution < -0.4 is 0 Å². The maximum Gasteiger partial charge on any atom is 0.203 e. The summed E-state index contributed by atoms with van der Waals surface area (Å²) in [6.07, 6.45) is 0.733. The van der Waals surface area contributed by atoms with E-state index in [0.717, 1.165) is 66.9 Å². The summed E-state index contributed by atoms with van der Waals surface area (Å²) in [5.74, 6) is 1.88. The summed E-state index contributed by atoms with van der Waals surface area (Å²) in [6.45, 7) is 7.32. The molecule has 0 atom stereocenters. The Morgan fingerprint density at radius 3 is 2.24 bits per heavy atom. The van der Waals surface area contributed by atoms with Crippen LogP contribution in [0.5, 0.6) is 0 Å². The van der Waals surface area contributed by atoms with Crippen LogP contribution >= 0.6 is 12.2 Å². The molecule has 33 heavy (non-hydrogen) atoms. The van der Waals surface area contributed by atoms with Crippen LogP contribution in [0, 0.1) is 11.7 Å². The van der Waals surface area contributed by atoms with Gasteiger partial charge < -0.3 is 4.52 Å². The van der Waals surface area contributed by atoms with Crippen molar-refractivity contribution in [1.82, 2.24) is 29.3 Å². The quantitative estimate of drug-likeness (QED) is 0.388. The van der Waals surface area contributed by atoms with E-state index in [1.54, 1.807) is 0 Å². The smallest absolute Gasteiger partial charge is 0.203 e. The molecule has 5 rings (SSSR count). The molecule has 0 radical (unpaired) electrons. The maximum absolute atomic E-state index is 5.90. The number of aromatic nitrogens is 4. The van der Waals surface area contributed by atoms with Crippen molar-refractivity contribution in [3.05, 3.63) is 94.3 Å². The van der Waals surface area contributed by atoms with Crippen molar-refractivity contribution in [2.75, 3.05) is 26.2 Å². The molecular weight excluding hydrogens is 432 g/mol. The second kappa shape index (κ2) is 9.82. The Kier molecular flexibility index (Phi) is 6.48. The maximum atomic E-state index is 5.90. The van der Waals surface area contributed by atoms with Crippen LogP contribution in [0.4, 0.5) is 0 Å². The number of rotatable bonds is 7. The molecule has 8 heteroatoms. The number of nitrogens with zero attached hydrogens (tertiary/aromatic N) is 6. The van der Waals surface area contributed by atoms with Gasteiger partial charge in [0.2, 0.25) is 4.77 Å². The molecule has 3 heterocycles. The third kappa shape index (κ3) is 5.13. The lowest BCUT2D eigenvalue weighted by molar-refractivity contribution is 0.0919. The van der Waals surface area contributed by atoms with Gasteiger partial charge in [0.15, 0.2) is 5.76 Å². The molecule has 0 unspecified atom stereocenters. The summed E-state index contributed by atoms with van der Waals surface area (Å²) >= 11 is 5.90. The molecule has 1 saturated heterocycles. The molecule has 4 aromatic rings. The third-order valence-corrected chi connectivity index (χ3v) is 6.37. The number of benzene rings is 2. The second-order valence-corrected chi connectivity index (χ2v) is 8.87. The van der Waals surface area contributed by atoms with Crippen LogP contribution in [-0.4, -0.2) is 55.5 Å². The normalized spacial score (nSPS) is 15.2. The Labute approximate surface area is 198 Å². The predicted octanol–water partition coefficient (Wildman–Crippen LogP) is 4.07. The SMILES string of the molecule is Cc1cc(CN2CCN(Cn3nc(Cc4ccccc4)n(-c4ccccc4)c3=S)CC2)on1. The van der Waals surface area contributed by atoms with E-state index in [1.807, 2.05) is 41.9 Å². The van der Waals surface area contributed by atoms with Crippen LogP contribution in [-0.2, 0) is 19.6 Å². The molecule has 0 bridgehead atoms. The van der Waals surface area contributed by atoms with Gasteiger partial charge in [-0.1, -0.05) is 53.7 Å². The molecule has 7 nitrogen and oxygen atoms in total. The molecule has 0 saturated carbocycles. The fourth-order valence-electron chi connectivity index (χ4n) is 4.26. The summed E-state index contributed by atoms with van der Waals surface area (Å²) in [6, 6.07) is 22.7. The van der Waals surface area contributed by atoms with Crippen molar-refractivity contribution in [3.63, 3.8) is 0 Å². The highest BCUT2D eigenvalue weighted by Crippen LogP contribution is 2.17. The van der Waals surface area contributed by atoms with Gasteiger partial charge in [0.1, 0.15) is 5.82 Å². The molecule has 2 aromatic heterocycles. The van der Waals surface area contributed by atoms with Gasteiger partial charge in [-0.3, -0.25) is 14.4 Å². The van der Waals surface area contributed by atoms with Crippen LogP contribution in [0.15, 0.2) is 71.3 Å². The van der Waals surface area contributed by atoms with Crippen molar-refractivity contribution in [1.29, 1.82) is 0 Å². The van der Waals surface area contributed by atoms with Gasteiger partial charge in [-0.05, 0) is 36.8 Å². The van der Waals surface area contributed by atoms with Crippen molar-refractivity contribution >= 4 is 12.2 Å². The zero-order valence-corrected chi connectivity index (χ0v) is 19.6. The topological polar surface area (TPSA) is 55.3 Å². The Balaban J connectivity index is 1.32. The molecule has 0 aliphatic carbocycles. The predicted molar refractivity (Wildman–Crippen MR) is 130 cm³/mol. The Morgan fingerprint density at radius 2 is 1.58 bits per heavy atom. The minimum atomic E-state index is 0.690. The van der Waals surface area contributed by atoms with Crippen molar-refractivity contribution < 1.29 is 4.52 Å². The average molecular weight is 461 g/mol. The largest absolute Gasteiger partial charge is 0.360 e. The lowest BCUT2D eigenvalue weighted by atomic mass is 10.1. The number of piperazine rings is 1. The number of para-hydroxylation sites is 1. The lowest BCUT2D eigenvalue weighted by Crippen LogP contribution is -2.46. The standard InChI is InChI=1S/C25H28N6OS/c1-20-16-23(32-27-20)18-28-12-14-29(15-13-28)19-30-25(33)31(22-10-6-3-7-11-22)24(26-30)17-21-8-4-2-5-9-21/h2-11,16H,12-15,17-19H2,1H3. The van der Waals surface area contributed by atoms with Gasteiger partial charge in [-0.25, -0.2) is 4.68 Å². The Bertz CT molecular complexity index is 1240. The van der Waals surface area contributed by atoms with Crippen LogP contribution in [0.2, 0.25) is 0 Å². The van der Waals surface area contributed by atoms with E-state index in [2.05, 4.69) is 55.9 Å². The number of hydrogen-bond donors (Lipinski definition) is 0.